The maximum atomic E-state index is 14.1. The van der Waals surface area contributed by atoms with Crippen LogP contribution in [0.5, 0.6) is 0 Å². The van der Waals surface area contributed by atoms with E-state index in [0.717, 1.165) is 6.92 Å². The predicted molar refractivity (Wildman–Crippen MR) is 91.4 cm³/mol. The van der Waals surface area contributed by atoms with E-state index in [1.54, 1.807) is 0 Å². The predicted octanol–water partition coefficient (Wildman–Crippen LogP) is 6.90. The number of esters is 1. The lowest BCUT2D eigenvalue weighted by Gasteiger charge is -2.52. The number of hydrogen-bond donors (Lipinski definition) is 1. The summed E-state index contributed by atoms with van der Waals surface area (Å²) in [5.74, 6) is -39.3. The van der Waals surface area contributed by atoms with E-state index < -0.39 is 89.7 Å². The summed E-state index contributed by atoms with van der Waals surface area (Å²) in [4.78, 5) is 20.9. The molecule has 21 heteroatoms. The molecule has 1 saturated carbocycles. The summed E-state index contributed by atoms with van der Waals surface area (Å²) in [6, 6.07) is 0. The fourth-order valence-electron chi connectivity index (χ4n) is 2.56. The zero-order valence-electron chi connectivity index (χ0n) is 18.5. The van der Waals surface area contributed by atoms with Crippen LogP contribution in [0.1, 0.15) is 19.8 Å². The number of halogens is 17. The lowest BCUT2D eigenvalue weighted by atomic mass is 9.70. The highest BCUT2D eigenvalue weighted by Gasteiger charge is 3.00. The molecule has 0 amide bonds. The average Bonchev–Trinajstić information content (AvgIpc) is 2.72. The number of rotatable bonds is 6. The lowest BCUT2D eigenvalue weighted by Crippen LogP contribution is -2.83. The number of ether oxygens (including phenoxy) is 1. The topological polar surface area (TPSA) is 63.6 Å². The minimum atomic E-state index is -7.27. The van der Waals surface area contributed by atoms with Crippen molar-refractivity contribution in [3.63, 3.8) is 0 Å². The first-order valence-electron chi connectivity index (χ1n) is 9.28. The molecule has 228 valence electrons. The second-order valence-electron chi connectivity index (χ2n) is 7.73. The molecule has 0 aliphatic heterocycles. The number of hydrogen-bond acceptors (Lipinski definition) is 3. The summed E-state index contributed by atoms with van der Waals surface area (Å²) < 4.78 is 220. The molecule has 0 aromatic carbocycles. The smallest absolute Gasteiger partial charge is 0.434 e. The van der Waals surface area contributed by atoms with E-state index in [1.165, 1.54) is 0 Å². The Hall–Kier alpha value is -2.77. The maximum absolute atomic E-state index is 14.1. The second kappa shape index (κ2) is 10.3. The summed E-state index contributed by atoms with van der Waals surface area (Å²) in [5.41, 5.74) is -7.97. The van der Waals surface area contributed by atoms with Gasteiger partial charge in [-0.2, -0.15) is 70.2 Å². The largest absolute Gasteiger partial charge is 0.478 e. The van der Waals surface area contributed by atoms with E-state index in [-0.39, 0.29) is 0 Å². The van der Waals surface area contributed by atoms with Crippen molar-refractivity contribution in [3.8, 4) is 0 Å². The molecule has 1 rings (SSSR count). The fraction of sp³-hybridized carbons (Fsp3) is 0.667. The van der Waals surface area contributed by atoms with E-state index >= 15 is 0 Å². The van der Waals surface area contributed by atoms with Crippen LogP contribution < -0.4 is 0 Å². The first-order chi connectivity index (χ1) is 16.8. The molecule has 0 bridgehead atoms. The van der Waals surface area contributed by atoms with Gasteiger partial charge < -0.3 is 9.84 Å². The van der Waals surface area contributed by atoms with E-state index in [2.05, 4.69) is 17.9 Å². The van der Waals surface area contributed by atoms with Crippen LogP contribution >= 0.6 is 0 Å². The van der Waals surface area contributed by atoms with Crippen molar-refractivity contribution in [3.05, 3.63) is 24.3 Å². The number of carbonyl (C=O) groups excluding carboxylic acids is 1. The molecule has 1 fully saturated rings. The van der Waals surface area contributed by atoms with Gasteiger partial charge in [-0.1, -0.05) is 13.2 Å². The highest BCUT2D eigenvalue weighted by atomic mass is 19.4. The number of alkyl halides is 17. The first-order valence-corrected chi connectivity index (χ1v) is 9.28. The standard InChI is InChI=1S/C11H7F11O2.C7H6F6O2/c1-4(5(23)24)2-3-6(12)7(13,14)9(17,18)11(21,22)10(19,20)8(6,15)16;1-3(2)4(14)15-5(6(8,9)10)7(11,12)13/h1-3H2,(H,23,24);5H,1H2,2H3. The molecule has 1 aliphatic rings. The molecular formula is C18H13F17O4. The summed E-state index contributed by atoms with van der Waals surface area (Å²) >= 11 is 0. The van der Waals surface area contributed by atoms with Crippen molar-refractivity contribution in [1.29, 1.82) is 0 Å². The fourth-order valence-corrected chi connectivity index (χ4v) is 2.56. The molecule has 0 aromatic heterocycles. The Bertz CT molecular complexity index is 933. The number of carboxylic acid groups (broad SMARTS) is 1. The number of carboxylic acids is 1. The molecule has 0 saturated heterocycles. The Labute approximate surface area is 205 Å². The third-order valence-corrected chi connectivity index (χ3v) is 4.81. The van der Waals surface area contributed by atoms with Crippen molar-refractivity contribution in [2.45, 2.75) is 73.5 Å². The van der Waals surface area contributed by atoms with Crippen LogP contribution in [-0.4, -0.2) is 70.8 Å². The Morgan fingerprint density at radius 1 is 0.718 bits per heavy atom. The molecule has 0 heterocycles. The molecule has 0 radical (unpaired) electrons. The number of aliphatic carboxylic acids is 1. The van der Waals surface area contributed by atoms with Gasteiger partial charge in [0.05, 0.1) is 0 Å². The van der Waals surface area contributed by atoms with Gasteiger partial charge in [0.25, 0.3) is 6.10 Å². The van der Waals surface area contributed by atoms with Gasteiger partial charge in [-0.25, -0.2) is 14.0 Å². The van der Waals surface area contributed by atoms with Crippen molar-refractivity contribution in [2.24, 2.45) is 0 Å². The molecule has 0 atom stereocenters. The van der Waals surface area contributed by atoms with Gasteiger partial charge in [0.15, 0.2) is 0 Å². The highest BCUT2D eigenvalue weighted by Crippen LogP contribution is 2.70. The third kappa shape index (κ3) is 5.90. The zero-order valence-corrected chi connectivity index (χ0v) is 18.5. The third-order valence-electron chi connectivity index (χ3n) is 4.81. The van der Waals surface area contributed by atoms with Gasteiger partial charge in [-0.15, -0.1) is 0 Å². The van der Waals surface area contributed by atoms with Crippen LogP contribution in [-0.2, 0) is 14.3 Å². The Balaban J connectivity index is 0.000000830. The second-order valence-corrected chi connectivity index (χ2v) is 7.73. The van der Waals surface area contributed by atoms with Gasteiger partial charge in [-0.3, -0.25) is 0 Å². The van der Waals surface area contributed by atoms with E-state index in [4.69, 9.17) is 5.11 Å². The lowest BCUT2D eigenvalue weighted by molar-refractivity contribution is -0.485. The zero-order chi connectivity index (χ0) is 32.0. The minimum absolute atomic E-state index is 0.548. The maximum Gasteiger partial charge on any atom is 0.434 e. The summed E-state index contributed by atoms with van der Waals surface area (Å²) in [5, 5.41) is 8.33. The molecule has 4 nitrogen and oxygen atoms in total. The Morgan fingerprint density at radius 3 is 1.28 bits per heavy atom. The summed E-state index contributed by atoms with van der Waals surface area (Å²) in [6.07, 6.45) is -19.8. The van der Waals surface area contributed by atoms with E-state index in [1.807, 2.05) is 0 Å². The first kappa shape index (κ1) is 36.2. The average molecular weight is 616 g/mol. The van der Waals surface area contributed by atoms with Crippen LogP contribution in [0, 0.1) is 0 Å². The normalized spacial score (nSPS) is 22.2. The van der Waals surface area contributed by atoms with E-state index in [0.29, 0.717) is 0 Å². The van der Waals surface area contributed by atoms with Crippen LogP contribution in [0.15, 0.2) is 24.3 Å². The molecule has 39 heavy (non-hydrogen) atoms. The molecule has 0 spiro atoms. The van der Waals surface area contributed by atoms with Gasteiger partial charge in [0.1, 0.15) is 0 Å². The van der Waals surface area contributed by atoms with E-state index in [9.17, 15) is 84.2 Å². The summed E-state index contributed by atoms with van der Waals surface area (Å²) in [7, 11) is 0. The van der Waals surface area contributed by atoms with Crippen LogP contribution in [0.4, 0.5) is 74.6 Å². The highest BCUT2D eigenvalue weighted by molar-refractivity contribution is 5.87. The SMILES string of the molecule is C=C(C)C(=O)OC(C(F)(F)F)C(F)(F)F.C=C(CCC1(F)C(F)(F)C(F)(F)C(F)(F)C(F)(F)C1(F)F)C(=O)O. The quantitative estimate of drug-likeness (QED) is 0.200. The van der Waals surface area contributed by atoms with Crippen LogP contribution in [0.25, 0.3) is 0 Å². The number of carbonyl (C=O) groups is 2. The Kier molecular flexibility index (Phi) is 9.59. The van der Waals surface area contributed by atoms with Crippen molar-refractivity contribution < 1.29 is 94.1 Å². The van der Waals surface area contributed by atoms with Crippen molar-refractivity contribution in [2.75, 3.05) is 0 Å². The van der Waals surface area contributed by atoms with Gasteiger partial charge in [0, 0.05) is 11.1 Å². The van der Waals surface area contributed by atoms with Crippen LogP contribution in [0.3, 0.4) is 0 Å². The Morgan fingerprint density at radius 2 is 1.03 bits per heavy atom. The van der Waals surface area contributed by atoms with Gasteiger partial charge in [0.2, 0.25) is 5.67 Å². The molecule has 1 aliphatic carbocycles. The molecule has 0 unspecified atom stereocenters. The molecular weight excluding hydrogens is 603 g/mol. The molecule has 1 N–H and O–H groups in total. The monoisotopic (exact) mass is 616 g/mol. The van der Waals surface area contributed by atoms with Crippen molar-refractivity contribution in [1.82, 2.24) is 0 Å². The van der Waals surface area contributed by atoms with Crippen LogP contribution in [0.2, 0.25) is 0 Å². The summed E-state index contributed by atoms with van der Waals surface area (Å²) in [6.45, 7) is 6.39. The van der Waals surface area contributed by atoms with Crippen molar-refractivity contribution >= 4 is 11.9 Å². The minimum Gasteiger partial charge on any atom is -0.478 e. The van der Waals surface area contributed by atoms with Gasteiger partial charge in [-0.05, 0) is 19.8 Å². The molecule has 0 aromatic rings. The van der Waals surface area contributed by atoms with Gasteiger partial charge >= 0.3 is 53.9 Å².